The Morgan fingerprint density at radius 1 is 0.923 bits per heavy atom. The van der Waals surface area contributed by atoms with E-state index in [4.69, 9.17) is 4.98 Å². The average molecular weight is 342 g/mol. The maximum atomic E-state index is 12.5. The second kappa shape index (κ2) is 6.72. The van der Waals surface area contributed by atoms with Crippen LogP contribution in [0.5, 0.6) is 0 Å². The number of hydrogen-bond donors (Lipinski definition) is 2. The van der Waals surface area contributed by atoms with Crippen molar-refractivity contribution < 1.29 is 4.79 Å². The van der Waals surface area contributed by atoms with E-state index in [1.54, 1.807) is 0 Å². The molecule has 4 rings (SSSR count). The molecular formula is C21H18N4O. The first-order chi connectivity index (χ1) is 12.7. The lowest BCUT2D eigenvalue weighted by atomic mass is 10.1. The van der Waals surface area contributed by atoms with Gasteiger partial charge in [-0.1, -0.05) is 48.0 Å². The highest BCUT2D eigenvalue weighted by atomic mass is 16.2. The van der Waals surface area contributed by atoms with Gasteiger partial charge >= 0.3 is 6.03 Å². The molecule has 0 saturated heterocycles. The number of benzene rings is 2. The first kappa shape index (κ1) is 15.9. The minimum absolute atomic E-state index is 0.309. The molecule has 26 heavy (non-hydrogen) atoms. The van der Waals surface area contributed by atoms with Gasteiger partial charge in [0.2, 0.25) is 0 Å². The number of hydrogen-bond acceptors (Lipinski definition) is 2. The molecule has 0 bridgehead atoms. The molecule has 0 aliphatic heterocycles. The summed E-state index contributed by atoms with van der Waals surface area (Å²) >= 11 is 0. The summed E-state index contributed by atoms with van der Waals surface area (Å²) in [4.78, 5) is 17.2. The number of carbonyl (C=O) groups is 1. The molecule has 0 saturated carbocycles. The van der Waals surface area contributed by atoms with Gasteiger partial charge in [0, 0.05) is 17.4 Å². The van der Waals surface area contributed by atoms with Crippen molar-refractivity contribution in [3.05, 3.63) is 84.6 Å². The van der Waals surface area contributed by atoms with Crippen molar-refractivity contribution in [3.8, 4) is 11.3 Å². The van der Waals surface area contributed by atoms with Crippen LogP contribution in [0, 0.1) is 6.92 Å². The third-order valence-corrected chi connectivity index (χ3v) is 4.09. The number of urea groups is 1. The van der Waals surface area contributed by atoms with Crippen molar-refractivity contribution in [2.24, 2.45) is 0 Å². The molecular weight excluding hydrogens is 324 g/mol. The number of carbonyl (C=O) groups excluding carboxylic acids is 1. The number of amides is 2. The van der Waals surface area contributed by atoms with Gasteiger partial charge in [-0.3, -0.25) is 9.72 Å². The molecule has 4 aromatic rings. The summed E-state index contributed by atoms with van der Waals surface area (Å²) in [7, 11) is 0. The third-order valence-electron chi connectivity index (χ3n) is 4.09. The zero-order valence-electron chi connectivity index (χ0n) is 14.3. The van der Waals surface area contributed by atoms with Gasteiger partial charge in [0.15, 0.2) is 0 Å². The molecule has 2 aromatic heterocycles. The molecule has 2 amide bonds. The van der Waals surface area contributed by atoms with Gasteiger partial charge < -0.3 is 5.32 Å². The van der Waals surface area contributed by atoms with Crippen LogP contribution in [0.4, 0.5) is 16.3 Å². The Morgan fingerprint density at radius 2 is 1.73 bits per heavy atom. The van der Waals surface area contributed by atoms with E-state index in [0.717, 1.165) is 28.2 Å². The van der Waals surface area contributed by atoms with Gasteiger partial charge in [-0.25, -0.2) is 9.78 Å². The molecule has 0 unspecified atom stereocenters. The number of anilines is 2. The van der Waals surface area contributed by atoms with Crippen molar-refractivity contribution in [1.82, 2.24) is 9.38 Å². The predicted molar refractivity (Wildman–Crippen MR) is 104 cm³/mol. The summed E-state index contributed by atoms with van der Waals surface area (Å²) in [6.07, 6.45) is 1.89. The summed E-state index contributed by atoms with van der Waals surface area (Å²) in [5.74, 6) is 0.639. The molecule has 2 aromatic carbocycles. The van der Waals surface area contributed by atoms with Crippen LogP contribution < -0.4 is 10.6 Å². The van der Waals surface area contributed by atoms with E-state index in [1.165, 1.54) is 0 Å². The van der Waals surface area contributed by atoms with Gasteiger partial charge in [0.05, 0.1) is 0 Å². The quantitative estimate of drug-likeness (QED) is 0.553. The first-order valence-corrected chi connectivity index (χ1v) is 8.38. The van der Waals surface area contributed by atoms with Crippen LogP contribution in [0.3, 0.4) is 0 Å². The fourth-order valence-electron chi connectivity index (χ4n) is 2.90. The van der Waals surface area contributed by atoms with Gasteiger partial charge in [-0.05, 0) is 37.3 Å². The summed E-state index contributed by atoms with van der Waals surface area (Å²) < 4.78 is 1.88. The number of fused-ring (bicyclic) bond motifs is 1. The molecule has 5 heteroatoms. The summed E-state index contributed by atoms with van der Waals surface area (Å²) in [6, 6.07) is 22.9. The maximum Gasteiger partial charge on any atom is 0.324 e. The Balaban J connectivity index is 1.73. The Morgan fingerprint density at radius 3 is 2.54 bits per heavy atom. The fourth-order valence-corrected chi connectivity index (χ4v) is 2.90. The number of nitrogens with one attached hydrogen (secondary N) is 2. The number of aromatic nitrogens is 2. The maximum absolute atomic E-state index is 12.5. The van der Waals surface area contributed by atoms with Crippen LogP contribution in [0.1, 0.15) is 5.56 Å². The van der Waals surface area contributed by atoms with Gasteiger partial charge in [0.25, 0.3) is 0 Å². The Labute approximate surface area is 151 Å². The van der Waals surface area contributed by atoms with Gasteiger partial charge in [-0.15, -0.1) is 0 Å². The van der Waals surface area contributed by atoms with Crippen molar-refractivity contribution >= 4 is 23.2 Å². The van der Waals surface area contributed by atoms with Gasteiger partial charge in [0.1, 0.15) is 17.2 Å². The lowest BCUT2D eigenvalue weighted by molar-refractivity contribution is 0.262. The highest BCUT2D eigenvalue weighted by Crippen LogP contribution is 2.29. The highest BCUT2D eigenvalue weighted by Gasteiger charge is 2.16. The number of para-hydroxylation sites is 1. The first-order valence-electron chi connectivity index (χ1n) is 8.38. The monoisotopic (exact) mass is 342 g/mol. The Bertz CT molecular complexity index is 1070. The Hall–Kier alpha value is -3.60. The van der Waals surface area contributed by atoms with Crippen LogP contribution in [0.25, 0.3) is 16.9 Å². The fraction of sp³-hybridized carbons (Fsp3) is 0.0476. The molecule has 128 valence electrons. The van der Waals surface area contributed by atoms with E-state index in [-0.39, 0.29) is 6.03 Å². The number of nitrogens with zero attached hydrogens (tertiary/aromatic N) is 2. The van der Waals surface area contributed by atoms with Crippen molar-refractivity contribution in [3.63, 3.8) is 0 Å². The standard InChI is InChI=1S/C21H18N4O/c1-15-8-7-9-16(14-15)19-20(25-13-6-5-12-18(25)23-19)24-21(26)22-17-10-3-2-4-11-17/h2-14H,1H3,(H2,22,24,26). The molecule has 0 radical (unpaired) electrons. The van der Waals surface area contributed by atoms with Crippen LogP contribution >= 0.6 is 0 Å². The van der Waals surface area contributed by atoms with E-state index in [0.29, 0.717) is 5.82 Å². The van der Waals surface area contributed by atoms with E-state index >= 15 is 0 Å². The van der Waals surface area contributed by atoms with E-state index < -0.39 is 0 Å². The van der Waals surface area contributed by atoms with E-state index in [9.17, 15) is 4.79 Å². The summed E-state index contributed by atoms with van der Waals surface area (Å²) in [6.45, 7) is 2.04. The topological polar surface area (TPSA) is 58.4 Å². The SMILES string of the molecule is Cc1cccc(-c2nc3ccccn3c2NC(=O)Nc2ccccc2)c1. The third kappa shape index (κ3) is 3.15. The Kier molecular flexibility index (Phi) is 4.11. The van der Waals surface area contributed by atoms with Crippen LogP contribution in [-0.2, 0) is 0 Å². The van der Waals surface area contributed by atoms with E-state index in [2.05, 4.69) is 16.7 Å². The zero-order chi connectivity index (χ0) is 17.9. The summed E-state index contributed by atoms with van der Waals surface area (Å²) in [5, 5.41) is 5.79. The summed E-state index contributed by atoms with van der Waals surface area (Å²) in [5.41, 5.74) is 4.35. The molecule has 2 N–H and O–H groups in total. The van der Waals surface area contributed by atoms with Crippen LogP contribution in [0.2, 0.25) is 0 Å². The number of rotatable bonds is 3. The van der Waals surface area contributed by atoms with Crippen molar-refractivity contribution in [2.45, 2.75) is 6.92 Å². The number of aryl methyl sites for hydroxylation is 1. The minimum atomic E-state index is -0.309. The van der Waals surface area contributed by atoms with Crippen LogP contribution in [-0.4, -0.2) is 15.4 Å². The lowest BCUT2D eigenvalue weighted by Gasteiger charge is -2.09. The molecule has 0 aliphatic rings. The largest absolute Gasteiger partial charge is 0.324 e. The second-order valence-corrected chi connectivity index (χ2v) is 6.05. The minimum Gasteiger partial charge on any atom is -0.308 e. The second-order valence-electron chi connectivity index (χ2n) is 6.05. The number of imidazole rings is 1. The molecule has 0 atom stereocenters. The smallest absolute Gasteiger partial charge is 0.308 e. The normalized spacial score (nSPS) is 10.7. The average Bonchev–Trinajstić information content (AvgIpc) is 3.01. The highest BCUT2D eigenvalue weighted by molar-refractivity contribution is 6.01. The molecule has 0 aliphatic carbocycles. The predicted octanol–water partition coefficient (Wildman–Crippen LogP) is 4.95. The molecule has 5 nitrogen and oxygen atoms in total. The molecule has 0 fully saturated rings. The van der Waals surface area contributed by atoms with Crippen molar-refractivity contribution in [1.29, 1.82) is 0 Å². The molecule has 0 spiro atoms. The van der Waals surface area contributed by atoms with Crippen LogP contribution in [0.15, 0.2) is 79.0 Å². The zero-order valence-corrected chi connectivity index (χ0v) is 14.3. The van der Waals surface area contributed by atoms with E-state index in [1.807, 2.05) is 84.3 Å². The number of pyridine rings is 1. The molecule has 2 heterocycles. The van der Waals surface area contributed by atoms with Gasteiger partial charge in [-0.2, -0.15) is 0 Å². The van der Waals surface area contributed by atoms with Crippen molar-refractivity contribution in [2.75, 3.05) is 10.6 Å². The lowest BCUT2D eigenvalue weighted by Crippen LogP contribution is -2.20.